The number of unbranched alkanes of at least 4 members (excludes halogenated alkanes) is 9. The molecule has 6 nitrogen and oxygen atoms in total. The van der Waals surface area contributed by atoms with Crippen LogP contribution in [0.1, 0.15) is 74.0 Å². The molecule has 130 valence electrons. The fourth-order valence-corrected chi connectivity index (χ4v) is 2.54. The minimum Gasteiger partial charge on any atom is -1.00 e. The number of carboxylic acid groups (broad SMARTS) is 1. The second-order valence-electron chi connectivity index (χ2n) is 5.07. The van der Waals surface area contributed by atoms with Crippen molar-refractivity contribution in [3.63, 3.8) is 0 Å². The predicted octanol–water partition coefficient (Wildman–Crippen LogP) is -2.50. The van der Waals surface area contributed by atoms with E-state index in [-0.39, 0.29) is 68.6 Å². The Kier molecular flexibility index (Phi) is 24.9. The third-order valence-electron chi connectivity index (χ3n) is 3.05. The van der Waals surface area contributed by atoms with E-state index in [0.29, 0.717) is 6.42 Å². The molecule has 0 heterocycles. The van der Waals surface area contributed by atoms with Crippen LogP contribution in [0.15, 0.2) is 0 Å². The molecule has 0 aliphatic heterocycles. The summed E-state index contributed by atoms with van der Waals surface area (Å²) in [6, 6.07) is 0. The van der Waals surface area contributed by atoms with Gasteiger partial charge in [0.25, 0.3) is 0 Å². The van der Waals surface area contributed by atoms with Crippen LogP contribution in [0.2, 0.25) is 0 Å². The van der Waals surface area contributed by atoms with Gasteiger partial charge in [-0.3, -0.25) is 0 Å². The van der Waals surface area contributed by atoms with Crippen molar-refractivity contribution >= 4 is 16.4 Å². The third kappa shape index (κ3) is 23.3. The maximum absolute atomic E-state index is 11.1. The third-order valence-corrected chi connectivity index (χ3v) is 3.91. The number of carbonyl (C=O) groups is 1. The van der Waals surface area contributed by atoms with Crippen molar-refractivity contribution < 1.29 is 88.7 Å². The summed E-state index contributed by atoms with van der Waals surface area (Å²) in [7, 11) is -4.17. The fraction of sp³-hybridized carbons (Fsp3) is 0.929. The molecule has 0 amide bonds. The molecule has 0 saturated heterocycles. The van der Waals surface area contributed by atoms with E-state index >= 15 is 0 Å². The molecule has 1 N–H and O–H groups in total. The molecule has 0 rings (SSSR count). The van der Waals surface area contributed by atoms with Gasteiger partial charge < -0.3 is 7.96 Å². The normalized spacial score (nSPS) is 10.7. The summed E-state index contributed by atoms with van der Waals surface area (Å²) in [4.78, 5) is 10.2. The molecule has 9 heteroatoms. The van der Waals surface area contributed by atoms with Crippen LogP contribution in [-0.4, -0.2) is 32.7 Å². The largest absolute Gasteiger partial charge is 1.00 e. The first kappa shape index (κ1) is 29.1. The van der Waals surface area contributed by atoms with E-state index in [1.165, 1.54) is 38.5 Å². The topological polar surface area (TPSA) is 89.9 Å². The number of carboxylic acids is 1. The SMILES string of the molecule is CCCCCCCCCCCCOS(=O)(=O)OCC(=O)O.[H-].[H-].[Na+].[Na+]. The van der Waals surface area contributed by atoms with Crippen LogP contribution in [0.4, 0.5) is 0 Å². The first-order valence-corrected chi connectivity index (χ1v) is 9.07. The molecule has 23 heavy (non-hydrogen) atoms. The molecule has 0 saturated carbocycles. The minimum absolute atomic E-state index is 0. The Bertz CT molecular complexity index is 372. The molecule has 0 atom stereocenters. The molecular formula is C14H30Na2O6S. The summed E-state index contributed by atoms with van der Waals surface area (Å²) in [6.45, 7) is 1.34. The minimum atomic E-state index is -4.17. The average molecular weight is 372 g/mol. The van der Waals surface area contributed by atoms with Gasteiger partial charge >= 0.3 is 75.5 Å². The maximum atomic E-state index is 11.1. The van der Waals surface area contributed by atoms with Crippen LogP contribution in [0.3, 0.4) is 0 Å². The molecule has 0 aromatic heterocycles. The summed E-state index contributed by atoms with van der Waals surface area (Å²) < 4.78 is 30.8. The number of aliphatic carboxylic acids is 1. The van der Waals surface area contributed by atoms with Gasteiger partial charge in [-0.25, -0.2) is 13.2 Å². The van der Waals surface area contributed by atoms with Crippen LogP contribution in [0.25, 0.3) is 0 Å². The number of hydrogen-bond donors (Lipinski definition) is 1. The van der Waals surface area contributed by atoms with Gasteiger partial charge in [0.2, 0.25) is 0 Å². The van der Waals surface area contributed by atoms with E-state index in [9.17, 15) is 13.2 Å². The van der Waals surface area contributed by atoms with Gasteiger partial charge in [-0.05, 0) is 6.42 Å². The van der Waals surface area contributed by atoms with E-state index in [0.717, 1.165) is 19.3 Å². The Morgan fingerprint density at radius 3 is 1.74 bits per heavy atom. The smallest absolute Gasteiger partial charge is 1.00 e. The van der Waals surface area contributed by atoms with Gasteiger partial charge in [-0.1, -0.05) is 64.7 Å². The first-order chi connectivity index (χ1) is 9.98. The Morgan fingerprint density at radius 1 is 0.870 bits per heavy atom. The molecule has 0 aromatic carbocycles. The van der Waals surface area contributed by atoms with Crippen molar-refractivity contribution in [3.05, 3.63) is 0 Å². The molecule has 0 fully saturated rings. The summed E-state index contributed by atoms with van der Waals surface area (Å²) in [6.07, 6.45) is 11.5. The average Bonchev–Trinajstić information content (AvgIpc) is 2.43. The Balaban J connectivity index is -0.000000333. The van der Waals surface area contributed by atoms with Gasteiger partial charge in [-0.15, -0.1) is 0 Å². The van der Waals surface area contributed by atoms with Crippen molar-refractivity contribution in [3.8, 4) is 0 Å². The summed E-state index contributed by atoms with van der Waals surface area (Å²) >= 11 is 0. The number of rotatable bonds is 15. The number of hydrogen-bond acceptors (Lipinski definition) is 5. The Morgan fingerprint density at radius 2 is 1.30 bits per heavy atom. The van der Waals surface area contributed by atoms with Crippen molar-refractivity contribution in [1.82, 2.24) is 0 Å². The van der Waals surface area contributed by atoms with Gasteiger partial charge in [0.05, 0.1) is 6.61 Å². The van der Waals surface area contributed by atoms with Crippen molar-refractivity contribution in [2.24, 2.45) is 0 Å². The molecule has 0 aromatic rings. The van der Waals surface area contributed by atoms with E-state index in [4.69, 9.17) is 5.11 Å². The van der Waals surface area contributed by atoms with E-state index in [2.05, 4.69) is 15.3 Å². The van der Waals surface area contributed by atoms with E-state index in [1.807, 2.05) is 0 Å². The Hall–Kier alpha value is 1.34. The van der Waals surface area contributed by atoms with Crippen LogP contribution in [-0.2, 0) is 23.6 Å². The Labute approximate surface area is 188 Å². The van der Waals surface area contributed by atoms with Gasteiger partial charge in [0.15, 0.2) is 6.61 Å². The second-order valence-corrected chi connectivity index (χ2v) is 6.36. The predicted molar refractivity (Wildman–Crippen MR) is 82.5 cm³/mol. The molecule has 0 aliphatic carbocycles. The first-order valence-electron chi connectivity index (χ1n) is 7.73. The van der Waals surface area contributed by atoms with Crippen LogP contribution in [0.5, 0.6) is 0 Å². The van der Waals surface area contributed by atoms with E-state index < -0.39 is 23.0 Å². The van der Waals surface area contributed by atoms with Gasteiger partial charge in [0.1, 0.15) is 0 Å². The van der Waals surface area contributed by atoms with Crippen molar-refractivity contribution in [1.29, 1.82) is 0 Å². The summed E-state index contributed by atoms with van der Waals surface area (Å²) in [5.41, 5.74) is 0. The van der Waals surface area contributed by atoms with Crippen LogP contribution < -0.4 is 59.1 Å². The molecule has 0 unspecified atom stereocenters. The molecule has 0 aliphatic rings. The standard InChI is InChI=1S/C14H28O6S.2Na.2H/c1-2-3-4-5-6-7-8-9-10-11-12-19-21(17,18)20-13-14(15)16;;;;/h2-13H2,1H3,(H,15,16);;;;/q;2*+1;2*-1. The van der Waals surface area contributed by atoms with Crippen LogP contribution >= 0.6 is 0 Å². The zero-order valence-electron chi connectivity index (χ0n) is 16.9. The van der Waals surface area contributed by atoms with Crippen molar-refractivity contribution in [2.75, 3.05) is 13.2 Å². The summed E-state index contributed by atoms with van der Waals surface area (Å²) in [5, 5.41) is 8.29. The maximum Gasteiger partial charge on any atom is 1.00 e. The zero-order valence-corrected chi connectivity index (χ0v) is 19.7. The van der Waals surface area contributed by atoms with Crippen molar-refractivity contribution in [2.45, 2.75) is 71.1 Å². The molecule has 0 radical (unpaired) electrons. The molecular weight excluding hydrogens is 342 g/mol. The zero-order chi connectivity index (χ0) is 16.0. The van der Waals surface area contributed by atoms with E-state index in [1.54, 1.807) is 0 Å². The van der Waals surface area contributed by atoms with Gasteiger partial charge in [0, 0.05) is 0 Å². The van der Waals surface area contributed by atoms with Gasteiger partial charge in [-0.2, -0.15) is 8.42 Å². The quantitative estimate of drug-likeness (QED) is 0.253. The molecule has 0 spiro atoms. The second kappa shape index (κ2) is 19.7. The summed E-state index contributed by atoms with van der Waals surface area (Å²) in [5.74, 6) is -1.35. The monoisotopic (exact) mass is 372 g/mol. The molecule has 0 bridgehead atoms. The van der Waals surface area contributed by atoms with Crippen LogP contribution in [0, 0.1) is 0 Å². The fourth-order valence-electron chi connectivity index (χ4n) is 1.91.